The summed E-state index contributed by atoms with van der Waals surface area (Å²) in [5.41, 5.74) is 2.00. The van der Waals surface area contributed by atoms with Crippen molar-refractivity contribution in [2.24, 2.45) is 4.99 Å². The van der Waals surface area contributed by atoms with E-state index in [0.717, 1.165) is 5.56 Å². The molecule has 6 nitrogen and oxygen atoms in total. The number of carboxylic acid groups (broad SMARTS) is 1. The fourth-order valence-electron chi connectivity index (χ4n) is 2.72. The van der Waals surface area contributed by atoms with Crippen LogP contribution in [0.4, 0.5) is 5.69 Å². The third-order valence-electron chi connectivity index (χ3n) is 4.19. The van der Waals surface area contributed by atoms with E-state index in [0.29, 0.717) is 29.8 Å². The van der Waals surface area contributed by atoms with Crippen LogP contribution in [0.2, 0.25) is 0 Å². The number of carboxylic acids is 1. The van der Waals surface area contributed by atoms with Gasteiger partial charge in [-0.3, -0.25) is 4.99 Å². The number of allylic oxidation sites excluding steroid dienone is 1. The van der Waals surface area contributed by atoms with Crippen molar-refractivity contribution in [1.29, 1.82) is 0 Å². The molecule has 0 saturated carbocycles. The molecular weight excluding hydrogens is 370 g/mol. The number of benzene rings is 2. The van der Waals surface area contributed by atoms with Crippen molar-refractivity contribution < 1.29 is 24.5 Å². The van der Waals surface area contributed by atoms with Gasteiger partial charge in [0, 0.05) is 6.42 Å². The molecule has 0 amide bonds. The number of hydrogen-bond donors (Lipinski definition) is 2. The zero-order chi connectivity index (χ0) is 21.2. The highest BCUT2D eigenvalue weighted by Crippen LogP contribution is 2.20. The SMILES string of the molecule is CCCC(O)=C(C(=O)O)C(CC)=Nc1ccc(COC(=O)c2ccccc2)cc1. The third-order valence-corrected chi connectivity index (χ3v) is 4.19. The van der Waals surface area contributed by atoms with E-state index in [1.54, 1.807) is 55.5 Å². The highest BCUT2D eigenvalue weighted by atomic mass is 16.5. The van der Waals surface area contributed by atoms with Crippen LogP contribution in [0.1, 0.15) is 49.0 Å². The van der Waals surface area contributed by atoms with Crippen molar-refractivity contribution >= 4 is 23.3 Å². The van der Waals surface area contributed by atoms with Crippen molar-refractivity contribution in [3.05, 3.63) is 77.1 Å². The minimum absolute atomic E-state index is 0.121. The fraction of sp³-hybridized carbons (Fsp3) is 0.261. The summed E-state index contributed by atoms with van der Waals surface area (Å²) in [6.45, 7) is 3.77. The quantitative estimate of drug-likeness (QED) is 0.262. The van der Waals surface area contributed by atoms with E-state index in [4.69, 9.17) is 4.74 Å². The van der Waals surface area contributed by atoms with Gasteiger partial charge in [0.25, 0.3) is 0 Å². The van der Waals surface area contributed by atoms with E-state index in [1.807, 2.05) is 13.0 Å². The lowest BCUT2D eigenvalue weighted by molar-refractivity contribution is -0.132. The highest BCUT2D eigenvalue weighted by molar-refractivity contribution is 6.20. The van der Waals surface area contributed by atoms with Crippen molar-refractivity contribution in [2.75, 3.05) is 0 Å². The maximum absolute atomic E-state index is 12.0. The van der Waals surface area contributed by atoms with Gasteiger partial charge in [-0.05, 0) is 42.7 Å². The van der Waals surface area contributed by atoms with E-state index in [-0.39, 0.29) is 24.4 Å². The zero-order valence-electron chi connectivity index (χ0n) is 16.6. The number of aliphatic imine (C=N–C) groups is 1. The van der Waals surface area contributed by atoms with Gasteiger partial charge in [0.1, 0.15) is 17.9 Å². The maximum Gasteiger partial charge on any atom is 0.340 e. The van der Waals surface area contributed by atoms with E-state index in [1.165, 1.54) is 0 Å². The summed E-state index contributed by atoms with van der Waals surface area (Å²) < 4.78 is 5.29. The summed E-state index contributed by atoms with van der Waals surface area (Å²) in [6, 6.07) is 15.7. The first-order chi connectivity index (χ1) is 14.0. The number of rotatable bonds is 9. The average Bonchev–Trinajstić information content (AvgIpc) is 2.73. The molecule has 0 saturated heterocycles. The Morgan fingerprint density at radius 1 is 0.966 bits per heavy atom. The summed E-state index contributed by atoms with van der Waals surface area (Å²) in [5, 5.41) is 19.6. The van der Waals surface area contributed by atoms with E-state index >= 15 is 0 Å². The smallest absolute Gasteiger partial charge is 0.340 e. The summed E-state index contributed by atoms with van der Waals surface area (Å²) in [4.78, 5) is 28.0. The summed E-state index contributed by atoms with van der Waals surface area (Å²) in [5.74, 6) is -1.75. The molecule has 0 unspecified atom stereocenters. The lowest BCUT2D eigenvalue weighted by Gasteiger charge is -2.09. The first-order valence-corrected chi connectivity index (χ1v) is 9.50. The number of esters is 1. The Labute approximate surface area is 170 Å². The monoisotopic (exact) mass is 395 g/mol. The second-order valence-corrected chi connectivity index (χ2v) is 6.40. The molecule has 0 aliphatic carbocycles. The normalized spacial score (nSPS) is 12.3. The second-order valence-electron chi connectivity index (χ2n) is 6.40. The minimum atomic E-state index is -1.19. The average molecular weight is 395 g/mol. The van der Waals surface area contributed by atoms with Crippen molar-refractivity contribution in [3.8, 4) is 0 Å². The molecule has 0 aliphatic rings. The number of carbonyl (C=O) groups excluding carboxylic acids is 1. The van der Waals surface area contributed by atoms with E-state index in [2.05, 4.69) is 4.99 Å². The molecule has 29 heavy (non-hydrogen) atoms. The Hall–Kier alpha value is -3.41. The van der Waals surface area contributed by atoms with Gasteiger partial charge in [-0.1, -0.05) is 44.2 Å². The van der Waals surface area contributed by atoms with Crippen LogP contribution in [-0.2, 0) is 16.1 Å². The molecular formula is C23H25NO5. The highest BCUT2D eigenvalue weighted by Gasteiger charge is 2.19. The largest absolute Gasteiger partial charge is 0.511 e. The summed E-state index contributed by atoms with van der Waals surface area (Å²) in [6.07, 6.45) is 1.29. The Balaban J connectivity index is 2.12. The van der Waals surface area contributed by atoms with E-state index < -0.39 is 11.9 Å². The minimum Gasteiger partial charge on any atom is -0.511 e. The lowest BCUT2D eigenvalue weighted by atomic mass is 10.0. The Morgan fingerprint density at radius 2 is 1.62 bits per heavy atom. The number of aliphatic hydroxyl groups excluding tert-OH is 1. The van der Waals surface area contributed by atoms with E-state index in [9.17, 15) is 19.8 Å². The van der Waals surface area contributed by atoms with Gasteiger partial charge in [-0.25, -0.2) is 9.59 Å². The summed E-state index contributed by atoms with van der Waals surface area (Å²) >= 11 is 0. The molecule has 0 atom stereocenters. The molecule has 152 valence electrons. The van der Waals surface area contributed by atoms with Crippen LogP contribution >= 0.6 is 0 Å². The van der Waals surface area contributed by atoms with Gasteiger partial charge < -0.3 is 14.9 Å². The Bertz CT molecular complexity index is 899. The van der Waals surface area contributed by atoms with Crippen LogP contribution in [-0.4, -0.2) is 27.9 Å². The predicted octanol–water partition coefficient (Wildman–Crippen LogP) is 5.22. The van der Waals surface area contributed by atoms with Gasteiger partial charge in [-0.2, -0.15) is 0 Å². The topological polar surface area (TPSA) is 96.2 Å². The predicted molar refractivity (Wildman–Crippen MR) is 112 cm³/mol. The molecule has 2 N–H and O–H groups in total. The Kier molecular flexibility index (Phi) is 8.15. The van der Waals surface area contributed by atoms with Gasteiger partial charge in [0.15, 0.2) is 0 Å². The molecule has 0 fully saturated rings. The number of ether oxygens (including phenoxy) is 1. The number of aliphatic carboxylic acids is 1. The number of carbonyl (C=O) groups is 2. The van der Waals surface area contributed by atoms with Crippen LogP contribution in [0.5, 0.6) is 0 Å². The van der Waals surface area contributed by atoms with Gasteiger partial charge in [-0.15, -0.1) is 0 Å². The molecule has 0 aromatic heterocycles. The molecule has 0 aliphatic heterocycles. The molecule has 0 bridgehead atoms. The zero-order valence-corrected chi connectivity index (χ0v) is 16.6. The lowest BCUT2D eigenvalue weighted by Crippen LogP contribution is -2.14. The van der Waals surface area contributed by atoms with Gasteiger partial charge in [0.05, 0.1) is 17.0 Å². The van der Waals surface area contributed by atoms with Crippen molar-refractivity contribution in [1.82, 2.24) is 0 Å². The standard InChI is InChI=1S/C23H25NO5/c1-3-8-20(25)21(22(26)27)19(4-2)24-18-13-11-16(12-14-18)15-29-23(28)17-9-6-5-7-10-17/h5-7,9-14,25H,3-4,8,15H2,1-2H3,(H,26,27). The summed E-state index contributed by atoms with van der Waals surface area (Å²) in [7, 11) is 0. The molecule has 0 spiro atoms. The van der Waals surface area contributed by atoms with Crippen molar-refractivity contribution in [3.63, 3.8) is 0 Å². The molecule has 2 aromatic carbocycles. The first-order valence-electron chi connectivity index (χ1n) is 9.50. The third kappa shape index (κ3) is 6.31. The van der Waals surface area contributed by atoms with Gasteiger partial charge in [0.2, 0.25) is 0 Å². The number of nitrogens with zero attached hydrogens (tertiary/aromatic N) is 1. The Morgan fingerprint density at radius 3 is 2.17 bits per heavy atom. The van der Waals surface area contributed by atoms with Crippen LogP contribution in [0.15, 0.2) is 70.9 Å². The fourth-order valence-corrected chi connectivity index (χ4v) is 2.72. The van der Waals surface area contributed by atoms with Crippen LogP contribution in [0, 0.1) is 0 Å². The number of hydrogen-bond acceptors (Lipinski definition) is 5. The van der Waals surface area contributed by atoms with Gasteiger partial charge >= 0.3 is 11.9 Å². The van der Waals surface area contributed by atoms with Crippen LogP contribution in [0.25, 0.3) is 0 Å². The first kappa shape index (κ1) is 21.9. The molecule has 2 aromatic rings. The molecule has 0 radical (unpaired) electrons. The molecule has 6 heteroatoms. The second kappa shape index (κ2) is 10.8. The van der Waals surface area contributed by atoms with Crippen LogP contribution in [0.3, 0.4) is 0 Å². The van der Waals surface area contributed by atoms with Crippen LogP contribution < -0.4 is 0 Å². The maximum atomic E-state index is 12.0. The molecule has 0 heterocycles. The molecule has 2 rings (SSSR count). The number of aliphatic hydroxyl groups is 1. The van der Waals surface area contributed by atoms with Crippen molar-refractivity contribution in [2.45, 2.75) is 39.7 Å².